The highest BCUT2D eigenvalue weighted by Gasteiger charge is 2.40. The van der Waals surface area contributed by atoms with Crippen molar-refractivity contribution in [1.82, 2.24) is 0 Å². The number of ether oxygens (including phenoxy) is 3. The minimum atomic E-state index is -2.21. The van der Waals surface area contributed by atoms with E-state index in [2.05, 4.69) is 33.9 Å². The highest BCUT2D eigenvalue weighted by Crippen LogP contribution is 2.45. The van der Waals surface area contributed by atoms with E-state index in [4.69, 9.17) is 23.6 Å². The third-order valence-corrected chi connectivity index (χ3v) is 11.9. The number of hydrogen-bond donors (Lipinski definition) is 0. The summed E-state index contributed by atoms with van der Waals surface area (Å²) in [7, 11) is 1.05. The van der Waals surface area contributed by atoms with Crippen LogP contribution in [0.1, 0.15) is 63.8 Å². The van der Waals surface area contributed by atoms with Crippen LogP contribution in [-0.4, -0.2) is 45.9 Å². The molecule has 3 aromatic rings. The van der Waals surface area contributed by atoms with E-state index in [9.17, 15) is 4.79 Å². The Morgan fingerprint density at radius 1 is 0.833 bits per heavy atom. The second-order valence-electron chi connectivity index (χ2n) is 13.1. The first-order valence-corrected chi connectivity index (χ1v) is 17.3. The van der Waals surface area contributed by atoms with E-state index in [1.807, 2.05) is 94.4 Å². The molecule has 1 atom stereocenters. The fraction of sp³-hybridized carbons (Fsp3) is 0.429. The van der Waals surface area contributed by atoms with Gasteiger partial charge >= 0.3 is 5.97 Å². The van der Waals surface area contributed by atoms with Crippen molar-refractivity contribution in [3.8, 4) is 17.2 Å². The van der Waals surface area contributed by atoms with Crippen LogP contribution in [0.15, 0.2) is 71.7 Å². The van der Waals surface area contributed by atoms with Crippen LogP contribution in [0.3, 0.4) is 0 Å². The lowest BCUT2D eigenvalue weighted by Gasteiger charge is -2.37. The molecule has 226 valence electrons. The van der Waals surface area contributed by atoms with Crippen molar-refractivity contribution in [1.29, 1.82) is 0 Å². The number of methoxy groups -OCH3 is 2. The maximum Gasteiger partial charge on any atom is 0.331 e. The monoisotopic (exact) mass is 589 g/mol. The molecule has 0 aliphatic heterocycles. The number of aliphatic imine (C=N–C) groups is 1. The minimum absolute atomic E-state index is 0.0182. The van der Waals surface area contributed by atoms with Crippen LogP contribution in [0.25, 0.3) is 0 Å². The lowest BCUT2D eigenvalue weighted by molar-refractivity contribution is -0.156. The van der Waals surface area contributed by atoms with Gasteiger partial charge < -0.3 is 18.6 Å². The first-order valence-electron chi connectivity index (χ1n) is 14.4. The van der Waals surface area contributed by atoms with Gasteiger partial charge in [0.1, 0.15) is 17.1 Å². The first-order chi connectivity index (χ1) is 19.6. The number of carbonyl (C=O) groups is 1. The van der Waals surface area contributed by atoms with Crippen molar-refractivity contribution in [3.63, 3.8) is 0 Å². The van der Waals surface area contributed by atoms with Gasteiger partial charge in [0.15, 0.2) is 11.8 Å². The number of hydrogen-bond acceptors (Lipinski definition) is 6. The van der Waals surface area contributed by atoms with Gasteiger partial charge in [-0.1, -0.05) is 81.4 Å². The Morgan fingerprint density at radius 2 is 1.33 bits per heavy atom. The van der Waals surface area contributed by atoms with Crippen LogP contribution < -0.4 is 13.9 Å². The average molecular weight is 590 g/mol. The molecule has 0 heterocycles. The van der Waals surface area contributed by atoms with E-state index in [1.165, 1.54) is 0 Å². The summed E-state index contributed by atoms with van der Waals surface area (Å²) in [6, 6.07) is 20.9. The minimum Gasteiger partial charge on any atom is -0.541 e. The maximum absolute atomic E-state index is 13.8. The molecule has 0 radical (unpaired) electrons. The number of esters is 1. The number of benzene rings is 3. The van der Waals surface area contributed by atoms with Gasteiger partial charge in [-0.15, -0.1) is 0 Å². The third kappa shape index (κ3) is 8.03. The topological polar surface area (TPSA) is 66.4 Å². The van der Waals surface area contributed by atoms with E-state index in [1.54, 1.807) is 14.2 Å². The van der Waals surface area contributed by atoms with Crippen LogP contribution in [0, 0.1) is 6.92 Å². The molecule has 3 rings (SSSR count). The molecule has 3 aromatic carbocycles. The standard InChI is InChI=1S/C35H47NO5Si/c1-24-31(38-8)27(23-29(32(24)39-9)41-42(10,11)35(5,6)7)22-28(33(37)40-34(2,3)4)36-30(25-18-14-12-15-19-25)26-20-16-13-17-21-26/h12-21,23,28H,22H2,1-11H3/t28-/m0/s1. The number of carbonyl (C=O) groups excluding carboxylic acids is 1. The summed E-state index contributed by atoms with van der Waals surface area (Å²) in [5.74, 6) is 1.51. The van der Waals surface area contributed by atoms with Crippen LogP contribution in [0.2, 0.25) is 18.1 Å². The second-order valence-corrected chi connectivity index (χ2v) is 17.8. The fourth-order valence-corrected chi connectivity index (χ4v) is 5.44. The van der Waals surface area contributed by atoms with Gasteiger partial charge in [-0.3, -0.25) is 4.99 Å². The summed E-state index contributed by atoms with van der Waals surface area (Å²) in [4.78, 5) is 18.9. The zero-order valence-corrected chi connectivity index (χ0v) is 28.1. The molecule has 0 fully saturated rings. The van der Waals surface area contributed by atoms with Crippen molar-refractivity contribution in [2.24, 2.45) is 4.99 Å². The Balaban J connectivity index is 2.23. The second kappa shape index (κ2) is 13.2. The molecule has 7 heteroatoms. The first kappa shape index (κ1) is 32.9. The lowest BCUT2D eigenvalue weighted by Crippen LogP contribution is -2.44. The van der Waals surface area contributed by atoms with Gasteiger partial charge in [0.2, 0.25) is 0 Å². The SMILES string of the molecule is COc1c(C[C@H](N=C(c2ccccc2)c2ccccc2)C(=O)OC(C)(C)C)cc(O[Si](C)(C)C(C)(C)C)c(OC)c1C. The Bertz CT molecular complexity index is 1350. The predicted molar refractivity (Wildman–Crippen MR) is 174 cm³/mol. The molecular weight excluding hydrogens is 542 g/mol. The van der Waals surface area contributed by atoms with Gasteiger partial charge in [0.25, 0.3) is 8.32 Å². The summed E-state index contributed by atoms with van der Waals surface area (Å²) < 4.78 is 24.4. The molecule has 0 aliphatic carbocycles. The molecule has 0 saturated carbocycles. The van der Waals surface area contributed by atoms with Gasteiger partial charge in [-0.25, -0.2) is 4.79 Å². The largest absolute Gasteiger partial charge is 0.541 e. The van der Waals surface area contributed by atoms with Crippen LogP contribution >= 0.6 is 0 Å². The quantitative estimate of drug-likeness (QED) is 0.136. The Morgan fingerprint density at radius 3 is 1.76 bits per heavy atom. The van der Waals surface area contributed by atoms with E-state index in [0.717, 1.165) is 22.3 Å². The predicted octanol–water partition coefficient (Wildman–Crippen LogP) is 8.19. The van der Waals surface area contributed by atoms with E-state index < -0.39 is 25.9 Å². The van der Waals surface area contributed by atoms with E-state index in [-0.39, 0.29) is 11.5 Å². The normalized spacial score (nSPS) is 12.7. The molecule has 0 unspecified atom stereocenters. The molecule has 42 heavy (non-hydrogen) atoms. The van der Waals surface area contributed by atoms with Crippen LogP contribution in [0.5, 0.6) is 17.2 Å². The summed E-state index contributed by atoms with van der Waals surface area (Å²) in [6.45, 7) is 18.5. The molecule has 0 N–H and O–H groups in total. The maximum atomic E-state index is 13.8. The molecule has 0 bridgehead atoms. The molecule has 0 spiro atoms. The molecule has 0 saturated heterocycles. The van der Waals surface area contributed by atoms with Crippen molar-refractivity contribution in [3.05, 3.63) is 89.0 Å². The number of rotatable bonds is 10. The highest BCUT2D eigenvalue weighted by atomic mass is 28.4. The fourth-order valence-electron chi connectivity index (χ4n) is 4.43. The third-order valence-electron chi connectivity index (χ3n) is 7.55. The molecule has 6 nitrogen and oxygen atoms in total. The van der Waals surface area contributed by atoms with E-state index in [0.29, 0.717) is 23.0 Å². The van der Waals surface area contributed by atoms with Gasteiger partial charge in [-0.2, -0.15) is 0 Å². The zero-order valence-electron chi connectivity index (χ0n) is 27.1. The Hall–Kier alpha value is -3.58. The van der Waals surface area contributed by atoms with Crippen molar-refractivity contribution < 1.29 is 23.4 Å². The molecule has 0 amide bonds. The van der Waals surface area contributed by atoms with Gasteiger partial charge in [0, 0.05) is 28.7 Å². The van der Waals surface area contributed by atoms with Gasteiger partial charge in [-0.05, 0) is 51.9 Å². The summed E-state index contributed by atoms with van der Waals surface area (Å²) >= 11 is 0. The zero-order chi connectivity index (χ0) is 31.3. The smallest absolute Gasteiger partial charge is 0.331 e. The summed E-state index contributed by atoms with van der Waals surface area (Å²) in [6.07, 6.45) is 0.250. The number of nitrogens with zero attached hydrogens (tertiary/aromatic N) is 1. The van der Waals surface area contributed by atoms with Crippen LogP contribution in [0.4, 0.5) is 0 Å². The Labute approximate surface area is 253 Å². The van der Waals surface area contributed by atoms with Crippen LogP contribution in [-0.2, 0) is 16.0 Å². The average Bonchev–Trinajstić information content (AvgIpc) is 2.90. The van der Waals surface area contributed by atoms with Crippen molar-refractivity contribution in [2.45, 2.75) is 84.7 Å². The molecule has 0 aliphatic rings. The highest BCUT2D eigenvalue weighted by molar-refractivity contribution is 6.74. The Kier molecular flexibility index (Phi) is 10.3. The molecule has 0 aromatic heterocycles. The van der Waals surface area contributed by atoms with Crippen molar-refractivity contribution in [2.75, 3.05) is 14.2 Å². The van der Waals surface area contributed by atoms with Gasteiger partial charge in [0.05, 0.1) is 19.9 Å². The van der Waals surface area contributed by atoms with Crippen molar-refractivity contribution >= 4 is 20.0 Å². The summed E-state index contributed by atoms with van der Waals surface area (Å²) in [5.41, 5.74) is 3.47. The van der Waals surface area contributed by atoms with E-state index >= 15 is 0 Å². The molecular formula is C35H47NO5Si. The summed E-state index contributed by atoms with van der Waals surface area (Å²) in [5, 5.41) is -0.0182. The lowest BCUT2D eigenvalue weighted by atomic mass is 9.98.